The minimum absolute atomic E-state index is 0.0993. The van der Waals surface area contributed by atoms with E-state index >= 15 is 0 Å². The van der Waals surface area contributed by atoms with E-state index in [1.165, 1.54) is 6.20 Å². The molecule has 1 amide bonds. The smallest absolute Gasteiger partial charge is 0.253 e. The van der Waals surface area contributed by atoms with Gasteiger partial charge in [0.15, 0.2) is 0 Å². The highest BCUT2D eigenvalue weighted by atomic mass is 16.3. The van der Waals surface area contributed by atoms with Gasteiger partial charge in [0.05, 0.1) is 17.7 Å². The molecule has 1 saturated carbocycles. The molecule has 15 heavy (non-hydrogen) atoms. The van der Waals surface area contributed by atoms with Crippen LogP contribution in [-0.2, 0) is 0 Å². The molecule has 0 spiro atoms. The minimum Gasteiger partial charge on any atom is -0.391 e. The van der Waals surface area contributed by atoms with Gasteiger partial charge in [-0.1, -0.05) is 0 Å². The van der Waals surface area contributed by atoms with Gasteiger partial charge >= 0.3 is 0 Å². The number of aliphatic hydroxyl groups excluding tert-OH is 1. The number of pyridine rings is 1. The van der Waals surface area contributed by atoms with Crippen molar-refractivity contribution in [3.05, 3.63) is 30.1 Å². The summed E-state index contributed by atoms with van der Waals surface area (Å²) in [5.41, 5.74) is 0.539. The Balaban J connectivity index is 1.98. The molecular weight excluding hydrogens is 192 g/mol. The van der Waals surface area contributed by atoms with Crippen molar-refractivity contribution < 1.29 is 9.90 Å². The third-order valence-electron chi connectivity index (χ3n) is 2.72. The molecule has 80 valence electrons. The number of carbonyl (C=O) groups excluding carboxylic acids is 1. The number of rotatable bonds is 2. The van der Waals surface area contributed by atoms with Crippen LogP contribution in [0, 0.1) is 0 Å². The average molecular weight is 206 g/mol. The average Bonchev–Trinajstić information content (AvgIpc) is 2.66. The van der Waals surface area contributed by atoms with E-state index in [1.54, 1.807) is 18.3 Å². The topological polar surface area (TPSA) is 62.2 Å². The molecule has 1 aliphatic rings. The number of nitrogens with zero attached hydrogens (tertiary/aromatic N) is 1. The Morgan fingerprint density at radius 3 is 3.00 bits per heavy atom. The summed E-state index contributed by atoms with van der Waals surface area (Å²) in [6, 6.07) is 3.33. The fourth-order valence-corrected chi connectivity index (χ4v) is 1.86. The van der Waals surface area contributed by atoms with E-state index in [9.17, 15) is 9.90 Å². The monoisotopic (exact) mass is 206 g/mol. The van der Waals surface area contributed by atoms with Crippen LogP contribution in [0.2, 0.25) is 0 Å². The Bertz CT molecular complexity index is 340. The molecule has 2 atom stereocenters. The molecule has 0 aromatic carbocycles. The molecule has 1 aromatic rings. The van der Waals surface area contributed by atoms with Gasteiger partial charge in [-0.3, -0.25) is 9.78 Å². The van der Waals surface area contributed by atoms with Gasteiger partial charge in [-0.15, -0.1) is 0 Å². The summed E-state index contributed by atoms with van der Waals surface area (Å²) >= 11 is 0. The Labute approximate surface area is 88.3 Å². The second-order valence-electron chi connectivity index (χ2n) is 3.82. The third kappa shape index (κ3) is 2.33. The third-order valence-corrected chi connectivity index (χ3v) is 2.72. The van der Waals surface area contributed by atoms with E-state index in [4.69, 9.17) is 0 Å². The standard InChI is InChI=1S/C11H14N2O2/c14-10-5-1-4-9(10)13-11(15)8-3-2-6-12-7-8/h2-3,6-7,9-10,14H,1,4-5H2,(H,13,15). The van der Waals surface area contributed by atoms with Crippen molar-refractivity contribution in [3.63, 3.8) is 0 Å². The van der Waals surface area contributed by atoms with Crippen LogP contribution in [0.4, 0.5) is 0 Å². The first-order valence-corrected chi connectivity index (χ1v) is 5.16. The van der Waals surface area contributed by atoms with Gasteiger partial charge in [0.1, 0.15) is 0 Å². The maximum absolute atomic E-state index is 11.7. The van der Waals surface area contributed by atoms with Crippen molar-refractivity contribution >= 4 is 5.91 Å². The Morgan fingerprint density at radius 2 is 2.40 bits per heavy atom. The lowest BCUT2D eigenvalue weighted by Gasteiger charge is -2.16. The maximum Gasteiger partial charge on any atom is 0.253 e. The summed E-state index contributed by atoms with van der Waals surface area (Å²) in [6.07, 6.45) is 5.35. The van der Waals surface area contributed by atoms with Crippen molar-refractivity contribution in [1.82, 2.24) is 10.3 Å². The Hall–Kier alpha value is -1.42. The normalized spacial score (nSPS) is 25.1. The van der Waals surface area contributed by atoms with Crippen LogP contribution in [0.15, 0.2) is 24.5 Å². The summed E-state index contributed by atoms with van der Waals surface area (Å²) in [4.78, 5) is 15.6. The van der Waals surface area contributed by atoms with Crippen molar-refractivity contribution in [2.75, 3.05) is 0 Å². The Morgan fingerprint density at radius 1 is 1.53 bits per heavy atom. The first-order chi connectivity index (χ1) is 7.27. The number of amides is 1. The zero-order valence-electron chi connectivity index (χ0n) is 8.39. The van der Waals surface area contributed by atoms with Gasteiger partial charge in [0, 0.05) is 12.4 Å². The van der Waals surface area contributed by atoms with E-state index in [0.29, 0.717) is 5.56 Å². The lowest BCUT2D eigenvalue weighted by atomic mass is 10.2. The van der Waals surface area contributed by atoms with E-state index in [1.807, 2.05) is 0 Å². The first-order valence-electron chi connectivity index (χ1n) is 5.16. The van der Waals surface area contributed by atoms with Crippen LogP contribution < -0.4 is 5.32 Å². The molecule has 0 bridgehead atoms. The molecule has 0 aliphatic heterocycles. The summed E-state index contributed by atoms with van der Waals surface area (Å²) < 4.78 is 0. The van der Waals surface area contributed by atoms with Crippen molar-refractivity contribution in [3.8, 4) is 0 Å². The molecule has 0 saturated heterocycles. The lowest BCUT2D eigenvalue weighted by Crippen LogP contribution is -2.39. The molecule has 2 unspecified atom stereocenters. The van der Waals surface area contributed by atoms with Gasteiger partial charge in [-0.05, 0) is 31.4 Å². The van der Waals surface area contributed by atoms with E-state index < -0.39 is 6.10 Å². The summed E-state index contributed by atoms with van der Waals surface area (Å²) in [6.45, 7) is 0. The van der Waals surface area contributed by atoms with E-state index in [2.05, 4.69) is 10.3 Å². The molecule has 1 fully saturated rings. The fourth-order valence-electron chi connectivity index (χ4n) is 1.86. The van der Waals surface area contributed by atoms with Crippen LogP contribution in [0.1, 0.15) is 29.6 Å². The van der Waals surface area contributed by atoms with E-state index in [-0.39, 0.29) is 11.9 Å². The van der Waals surface area contributed by atoms with Crippen LogP contribution in [-0.4, -0.2) is 28.1 Å². The summed E-state index contributed by atoms with van der Waals surface area (Å²) in [7, 11) is 0. The molecule has 0 radical (unpaired) electrons. The van der Waals surface area contributed by atoms with Crippen LogP contribution in [0.3, 0.4) is 0 Å². The largest absolute Gasteiger partial charge is 0.391 e. The Kier molecular flexibility index (Phi) is 2.97. The molecule has 1 aromatic heterocycles. The number of carbonyl (C=O) groups is 1. The quantitative estimate of drug-likeness (QED) is 0.749. The summed E-state index contributed by atoms with van der Waals surface area (Å²) in [5, 5.41) is 12.4. The van der Waals surface area contributed by atoms with Gasteiger partial charge in [-0.25, -0.2) is 0 Å². The molecule has 4 heteroatoms. The fraction of sp³-hybridized carbons (Fsp3) is 0.455. The van der Waals surface area contributed by atoms with Crippen molar-refractivity contribution in [2.24, 2.45) is 0 Å². The van der Waals surface area contributed by atoms with Crippen LogP contribution in [0.5, 0.6) is 0 Å². The van der Waals surface area contributed by atoms with Crippen molar-refractivity contribution in [2.45, 2.75) is 31.4 Å². The molecule has 2 N–H and O–H groups in total. The number of hydrogen-bond acceptors (Lipinski definition) is 3. The van der Waals surface area contributed by atoms with Gasteiger partial charge in [0.25, 0.3) is 5.91 Å². The molecule has 1 aliphatic carbocycles. The first kappa shape index (κ1) is 10.1. The molecular formula is C11H14N2O2. The maximum atomic E-state index is 11.7. The van der Waals surface area contributed by atoms with E-state index in [0.717, 1.165) is 19.3 Å². The van der Waals surface area contributed by atoms with Gasteiger partial charge in [-0.2, -0.15) is 0 Å². The summed E-state index contributed by atoms with van der Waals surface area (Å²) in [5.74, 6) is -0.158. The predicted molar refractivity (Wildman–Crippen MR) is 55.3 cm³/mol. The second-order valence-corrected chi connectivity index (χ2v) is 3.82. The number of hydrogen-bond donors (Lipinski definition) is 2. The van der Waals surface area contributed by atoms with Crippen molar-refractivity contribution in [1.29, 1.82) is 0 Å². The molecule has 1 heterocycles. The van der Waals surface area contributed by atoms with Crippen LogP contribution >= 0.6 is 0 Å². The van der Waals surface area contributed by atoms with Gasteiger partial charge < -0.3 is 10.4 Å². The zero-order chi connectivity index (χ0) is 10.7. The molecule has 4 nitrogen and oxygen atoms in total. The van der Waals surface area contributed by atoms with Crippen LogP contribution in [0.25, 0.3) is 0 Å². The zero-order valence-corrected chi connectivity index (χ0v) is 8.39. The molecule has 2 rings (SSSR count). The van der Waals surface area contributed by atoms with Gasteiger partial charge in [0.2, 0.25) is 0 Å². The number of aliphatic hydroxyl groups is 1. The highest BCUT2D eigenvalue weighted by Crippen LogP contribution is 2.18. The highest BCUT2D eigenvalue weighted by molar-refractivity contribution is 5.94. The highest BCUT2D eigenvalue weighted by Gasteiger charge is 2.26. The number of aromatic nitrogens is 1. The minimum atomic E-state index is -0.398. The SMILES string of the molecule is O=C(NC1CCCC1O)c1cccnc1. The lowest BCUT2D eigenvalue weighted by molar-refractivity contribution is 0.0873. The predicted octanol–water partition coefficient (Wildman–Crippen LogP) is 0.725. The number of nitrogens with one attached hydrogen (secondary N) is 1. The second kappa shape index (κ2) is 4.40.